The summed E-state index contributed by atoms with van der Waals surface area (Å²) in [6, 6.07) is 6.83. The molecule has 0 spiro atoms. The molecular formula is C19H21F2NO5S. The number of carbonyl (C=O) groups is 2. The molecule has 2 rings (SSSR count). The molecule has 0 aliphatic rings. The number of hydrogen-bond acceptors (Lipinski definition) is 6. The van der Waals surface area contributed by atoms with E-state index in [9.17, 15) is 18.4 Å². The van der Waals surface area contributed by atoms with E-state index < -0.39 is 18.6 Å². The van der Waals surface area contributed by atoms with Crippen LogP contribution in [0.15, 0.2) is 35.7 Å². The predicted octanol–water partition coefficient (Wildman–Crippen LogP) is 3.86. The molecule has 1 aromatic heterocycles. The molecule has 2 aromatic rings. The molecule has 1 amide bonds. The highest BCUT2D eigenvalue weighted by molar-refractivity contribution is 7.12. The molecule has 1 heterocycles. The van der Waals surface area contributed by atoms with Crippen LogP contribution in [0.4, 0.5) is 8.78 Å². The van der Waals surface area contributed by atoms with Crippen molar-refractivity contribution in [3.8, 4) is 11.5 Å². The Morgan fingerprint density at radius 1 is 1.18 bits per heavy atom. The van der Waals surface area contributed by atoms with Crippen LogP contribution in [0.5, 0.6) is 11.5 Å². The van der Waals surface area contributed by atoms with E-state index in [-0.39, 0.29) is 29.9 Å². The first kappa shape index (κ1) is 21.6. The molecule has 0 fully saturated rings. The molecule has 0 saturated carbocycles. The normalized spacial score (nSPS) is 12.0. The van der Waals surface area contributed by atoms with Gasteiger partial charge in [0.05, 0.1) is 12.0 Å². The highest BCUT2D eigenvalue weighted by Crippen LogP contribution is 2.29. The Hall–Kier alpha value is -2.68. The summed E-state index contributed by atoms with van der Waals surface area (Å²) in [5.74, 6) is -1.14. The number of ether oxygens (including phenoxy) is 3. The van der Waals surface area contributed by atoms with E-state index in [1.54, 1.807) is 31.4 Å². The summed E-state index contributed by atoms with van der Waals surface area (Å²) >= 11 is 1.27. The van der Waals surface area contributed by atoms with E-state index in [1.807, 2.05) is 0 Å². The number of esters is 1. The minimum Gasteiger partial charge on any atom is -0.493 e. The van der Waals surface area contributed by atoms with Gasteiger partial charge >= 0.3 is 12.6 Å². The van der Waals surface area contributed by atoms with Gasteiger partial charge in [0.1, 0.15) is 12.6 Å². The van der Waals surface area contributed by atoms with Crippen LogP contribution in [-0.2, 0) is 16.1 Å². The highest BCUT2D eigenvalue weighted by Gasteiger charge is 2.26. The maximum Gasteiger partial charge on any atom is 0.387 e. The van der Waals surface area contributed by atoms with Gasteiger partial charge in [0.2, 0.25) is 0 Å². The van der Waals surface area contributed by atoms with Crippen LogP contribution >= 0.6 is 11.3 Å². The van der Waals surface area contributed by atoms with Gasteiger partial charge in [0.15, 0.2) is 11.5 Å². The van der Waals surface area contributed by atoms with E-state index >= 15 is 0 Å². The maximum absolute atomic E-state index is 12.4. The second-order valence-electron chi connectivity index (χ2n) is 6.14. The second kappa shape index (κ2) is 10.0. The van der Waals surface area contributed by atoms with Crippen LogP contribution in [0, 0.1) is 5.92 Å². The molecular weight excluding hydrogens is 392 g/mol. The smallest absolute Gasteiger partial charge is 0.387 e. The summed E-state index contributed by atoms with van der Waals surface area (Å²) in [5, 5.41) is 4.45. The van der Waals surface area contributed by atoms with E-state index in [1.165, 1.54) is 36.6 Å². The molecule has 152 valence electrons. The van der Waals surface area contributed by atoms with Crippen LogP contribution in [-0.4, -0.2) is 31.6 Å². The van der Waals surface area contributed by atoms with Gasteiger partial charge in [-0.15, -0.1) is 11.3 Å². The fourth-order valence-corrected chi connectivity index (χ4v) is 2.98. The fourth-order valence-electron chi connectivity index (χ4n) is 2.36. The average Bonchev–Trinajstić information content (AvgIpc) is 3.19. The lowest BCUT2D eigenvalue weighted by atomic mass is 10.0. The molecule has 1 N–H and O–H groups in total. The average molecular weight is 413 g/mol. The quantitative estimate of drug-likeness (QED) is 0.632. The van der Waals surface area contributed by atoms with Gasteiger partial charge in [-0.1, -0.05) is 26.0 Å². The van der Waals surface area contributed by atoms with Gasteiger partial charge in [0.25, 0.3) is 5.91 Å². The monoisotopic (exact) mass is 413 g/mol. The highest BCUT2D eigenvalue weighted by atomic mass is 32.1. The number of benzene rings is 1. The molecule has 28 heavy (non-hydrogen) atoms. The number of halogens is 2. The maximum atomic E-state index is 12.4. The van der Waals surface area contributed by atoms with Crippen LogP contribution in [0.2, 0.25) is 0 Å². The number of thiophene rings is 1. The number of hydrogen-bond donors (Lipinski definition) is 1. The third-order valence-electron chi connectivity index (χ3n) is 3.78. The number of nitrogens with one attached hydrogen (secondary N) is 1. The molecule has 1 unspecified atom stereocenters. The molecule has 0 bridgehead atoms. The molecule has 1 atom stereocenters. The van der Waals surface area contributed by atoms with E-state index in [4.69, 9.17) is 9.47 Å². The summed E-state index contributed by atoms with van der Waals surface area (Å²) in [7, 11) is 1.32. The lowest BCUT2D eigenvalue weighted by Gasteiger charge is -2.20. The molecule has 0 radical (unpaired) electrons. The van der Waals surface area contributed by atoms with Gasteiger partial charge < -0.3 is 19.5 Å². The van der Waals surface area contributed by atoms with Gasteiger partial charge in [-0.2, -0.15) is 8.78 Å². The third-order valence-corrected chi connectivity index (χ3v) is 4.65. The van der Waals surface area contributed by atoms with Gasteiger partial charge in [-0.25, -0.2) is 4.79 Å². The van der Waals surface area contributed by atoms with Crippen LogP contribution < -0.4 is 14.8 Å². The van der Waals surface area contributed by atoms with E-state index in [2.05, 4.69) is 10.1 Å². The van der Waals surface area contributed by atoms with Crippen molar-refractivity contribution in [2.45, 2.75) is 33.1 Å². The number of carbonyl (C=O) groups excluding carboxylic acids is 2. The molecule has 9 heteroatoms. The standard InChI is InChI=1S/C19H21F2NO5S/c1-11(2)16(22-17(23)15-5-4-8-28-15)18(24)26-10-12-6-7-13(27-19(20)21)14(9-12)25-3/h4-9,11,16,19H,10H2,1-3H3,(H,22,23). The van der Waals surface area contributed by atoms with E-state index in [0.717, 1.165) is 0 Å². The zero-order valence-corrected chi connectivity index (χ0v) is 16.4. The third kappa shape index (κ3) is 5.91. The number of rotatable bonds is 9. The minimum atomic E-state index is -2.98. The summed E-state index contributed by atoms with van der Waals surface area (Å²) in [5.41, 5.74) is 0.527. The van der Waals surface area contributed by atoms with Gasteiger partial charge in [-0.3, -0.25) is 4.79 Å². The lowest BCUT2D eigenvalue weighted by molar-refractivity contribution is -0.148. The predicted molar refractivity (Wildman–Crippen MR) is 99.8 cm³/mol. The van der Waals surface area contributed by atoms with Crippen molar-refractivity contribution in [2.24, 2.45) is 5.92 Å². The summed E-state index contributed by atoms with van der Waals surface area (Å²) in [6.07, 6.45) is 0. The number of methoxy groups -OCH3 is 1. The van der Waals surface area contributed by atoms with Crippen molar-refractivity contribution in [2.75, 3.05) is 7.11 Å². The Morgan fingerprint density at radius 3 is 2.50 bits per heavy atom. The largest absolute Gasteiger partial charge is 0.493 e. The fraction of sp³-hybridized carbons (Fsp3) is 0.368. The summed E-state index contributed by atoms with van der Waals surface area (Å²) in [4.78, 5) is 25.1. The molecule has 0 saturated heterocycles. The lowest BCUT2D eigenvalue weighted by Crippen LogP contribution is -2.45. The van der Waals surface area contributed by atoms with Crippen molar-refractivity contribution < 1.29 is 32.6 Å². The van der Waals surface area contributed by atoms with Crippen LogP contribution in [0.25, 0.3) is 0 Å². The Kier molecular flexibility index (Phi) is 7.74. The summed E-state index contributed by atoms with van der Waals surface area (Å²) < 4.78 is 39.4. The van der Waals surface area contributed by atoms with Gasteiger partial charge in [0, 0.05) is 0 Å². The minimum absolute atomic E-state index is 0.0975. The first-order chi connectivity index (χ1) is 13.3. The van der Waals surface area contributed by atoms with E-state index in [0.29, 0.717) is 10.4 Å². The topological polar surface area (TPSA) is 73.9 Å². The molecule has 0 aliphatic carbocycles. The first-order valence-electron chi connectivity index (χ1n) is 8.44. The molecule has 6 nitrogen and oxygen atoms in total. The Balaban J connectivity index is 2.01. The van der Waals surface area contributed by atoms with Crippen molar-refractivity contribution in [1.29, 1.82) is 0 Å². The zero-order chi connectivity index (χ0) is 20.7. The van der Waals surface area contributed by atoms with Crippen LogP contribution in [0.3, 0.4) is 0 Å². The Labute approximate surface area is 165 Å². The first-order valence-corrected chi connectivity index (χ1v) is 9.32. The van der Waals surface area contributed by atoms with Crippen molar-refractivity contribution >= 4 is 23.2 Å². The summed E-state index contributed by atoms with van der Waals surface area (Å²) in [6.45, 7) is 0.499. The number of amides is 1. The van der Waals surface area contributed by atoms with Crippen molar-refractivity contribution in [1.82, 2.24) is 5.32 Å². The molecule has 1 aromatic carbocycles. The molecule has 0 aliphatic heterocycles. The van der Waals surface area contributed by atoms with Crippen molar-refractivity contribution in [3.05, 3.63) is 46.2 Å². The Morgan fingerprint density at radius 2 is 1.93 bits per heavy atom. The SMILES string of the molecule is COc1cc(COC(=O)C(NC(=O)c2cccs2)C(C)C)ccc1OC(F)F. The second-order valence-corrected chi connectivity index (χ2v) is 7.09. The zero-order valence-electron chi connectivity index (χ0n) is 15.6. The van der Waals surface area contributed by atoms with Crippen molar-refractivity contribution in [3.63, 3.8) is 0 Å². The Bertz CT molecular complexity index is 796. The number of alkyl halides is 2. The van der Waals surface area contributed by atoms with Crippen LogP contribution in [0.1, 0.15) is 29.1 Å². The van der Waals surface area contributed by atoms with Gasteiger partial charge in [-0.05, 0) is 35.1 Å².